The summed E-state index contributed by atoms with van der Waals surface area (Å²) in [4.78, 5) is 2.40. The summed E-state index contributed by atoms with van der Waals surface area (Å²) in [5.74, 6) is 0.0940. The zero-order valence-electron chi connectivity index (χ0n) is 27.2. The third-order valence-electron chi connectivity index (χ3n) is 8.09. The van der Waals surface area contributed by atoms with Crippen molar-refractivity contribution in [3.63, 3.8) is 0 Å². The number of methoxy groups -OCH3 is 1. The summed E-state index contributed by atoms with van der Waals surface area (Å²) >= 11 is 0. The number of aryl methyl sites for hydroxylation is 2. The monoisotopic (exact) mass is 628 g/mol. The summed E-state index contributed by atoms with van der Waals surface area (Å²) < 4.78 is 53.5. The molecule has 1 atom stereocenters. The van der Waals surface area contributed by atoms with Crippen LogP contribution in [0, 0.1) is 47.8 Å². The zero-order chi connectivity index (χ0) is 34.1. The van der Waals surface area contributed by atoms with Crippen LogP contribution in [0.4, 0.5) is 18.9 Å². The summed E-state index contributed by atoms with van der Waals surface area (Å²) in [5.41, 5.74) is 0.708. The lowest BCUT2D eigenvalue weighted by Crippen LogP contribution is -2.43. The van der Waals surface area contributed by atoms with E-state index in [-0.39, 0.29) is 0 Å². The maximum Gasteiger partial charge on any atom is 0.432 e. The Hall–Kier alpha value is -4.94. The Morgan fingerprint density at radius 2 is 1.43 bits per heavy atom. The normalized spacial score (nSPS) is 16.3. The lowest BCUT2D eigenvalue weighted by Gasteiger charge is -2.28. The summed E-state index contributed by atoms with van der Waals surface area (Å²) in [5, 5.41) is 28.2. The number of rotatable bonds is 12. The number of anilines is 1. The molecule has 6 nitrogen and oxygen atoms in total. The molecule has 0 spiro atoms. The third kappa shape index (κ3) is 7.64. The van der Waals surface area contributed by atoms with Gasteiger partial charge in [-0.05, 0) is 68.0 Å². The van der Waals surface area contributed by atoms with Crippen LogP contribution in [-0.4, -0.2) is 32.0 Å². The molecule has 0 radical (unpaired) electrons. The number of benzene rings is 2. The summed E-state index contributed by atoms with van der Waals surface area (Å²) in [6.07, 6.45) is 6.18. The molecule has 9 heteroatoms. The van der Waals surface area contributed by atoms with E-state index in [0.717, 1.165) is 79.4 Å². The number of hydrogen-bond acceptors (Lipinski definition) is 6. The SMILES string of the molecule is CCCCN(CCCC)c1ccc(C=Cc2cc(C)c(C=CC3=C(C#N)C(=C(C#N)C#N)OC3(C)C(F)(F)F)cc2C)c(OC)c1. The van der Waals surface area contributed by atoms with Crippen LogP contribution in [0.25, 0.3) is 18.2 Å². The maximum absolute atomic E-state index is 14.2. The van der Waals surface area contributed by atoms with Crippen molar-refractivity contribution in [1.29, 1.82) is 15.8 Å². The minimum atomic E-state index is -4.92. The maximum atomic E-state index is 14.2. The number of nitrogens with zero attached hydrogens (tertiary/aromatic N) is 4. The Morgan fingerprint density at radius 3 is 1.91 bits per heavy atom. The van der Waals surface area contributed by atoms with Gasteiger partial charge in [-0.15, -0.1) is 0 Å². The standard InChI is InChI=1S/C37H39F3N4O2/c1-7-9-17-44(18-10-8-2)31-15-13-27(34(21-31)45-6)11-12-28-19-26(4)29(20-25(28)3)14-16-33-32(24-43)35(30(22-41)23-42)46-36(33,5)37(38,39)40/h11-16,19-21H,7-10,17-18H2,1-6H3. The van der Waals surface area contributed by atoms with Crippen molar-refractivity contribution < 1.29 is 22.6 Å². The topological polar surface area (TPSA) is 93.1 Å². The molecule has 2 aromatic carbocycles. The molecule has 0 bridgehead atoms. The van der Waals surface area contributed by atoms with Crippen molar-refractivity contribution in [1.82, 2.24) is 0 Å². The third-order valence-corrected chi connectivity index (χ3v) is 8.09. The van der Waals surface area contributed by atoms with Gasteiger partial charge in [-0.25, -0.2) is 0 Å². The van der Waals surface area contributed by atoms with Gasteiger partial charge < -0.3 is 14.4 Å². The van der Waals surface area contributed by atoms with E-state index in [1.807, 2.05) is 44.2 Å². The number of halogens is 3. The highest BCUT2D eigenvalue weighted by atomic mass is 19.4. The fraction of sp³-hybridized carbons (Fsp3) is 0.378. The van der Waals surface area contributed by atoms with Crippen LogP contribution >= 0.6 is 0 Å². The van der Waals surface area contributed by atoms with Crippen molar-refractivity contribution in [2.75, 3.05) is 25.1 Å². The molecule has 240 valence electrons. The number of allylic oxidation sites excluding steroid dienone is 2. The van der Waals surface area contributed by atoms with Gasteiger partial charge in [0.05, 0.1) is 7.11 Å². The Bertz CT molecular complexity index is 1670. The molecular formula is C37H39F3N4O2. The molecular weight excluding hydrogens is 589 g/mol. The molecule has 0 amide bonds. The second-order valence-corrected chi connectivity index (χ2v) is 11.3. The van der Waals surface area contributed by atoms with Crippen LogP contribution in [0.3, 0.4) is 0 Å². The molecule has 0 aromatic heterocycles. The van der Waals surface area contributed by atoms with Gasteiger partial charge in [-0.1, -0.05) is 63.1 Å². The molecule has 1 heterocycles. The molecule has 1 unspecified atom stereocenters. The zero-order valence-corrected chi connectivity index (χ0v) is 27.2. The molecule has 1 aliphatic rings. The van der Waals surface area contributed by atoms with Crippen LogP contribution in [0.2, 0.25) is 0 Å². The summed E-state index contributed by atoms with van der Waals surface area (Å²) in [6, 6.07) is 14.8. The van der Waals surface area contributed by atoms with E-state index < -0.39 is 34.3 Å². The second-order valence-electron chi connectivity index (χ2n) is 11.3. The van der Waals surface area contributed by atoms with Crippen LogP contribution in [-0.2, 0) is 4.74 Å². The van der Waals surface area contributed by atoms with Crippen molar-refractivity contribution in [3.8, 4) is 24.0 Å². The highest BCUT2D eigenvalue weighted by Gasteiger charge is 2.60. The molecule has 0 fully saturated rings. The van der Waals surface area contributed by atoms with Crippen molar-refractivity contribution in [3.05, 3.63) is 86.7 Å². The van der Waals surface area contributed by atoms with Gasteiger partial charge in [-0.2, -0.15) is 29.0 Å². The first-order valence-electron chi connectivity index (χ1n) is 15.2. The quantitative estimate of drug-likeness (QED) is 0.172. The molecule has 0 aliphatic carbocycles. The average molecular weight is 629 g/mol. The predicted octanol–water partition coefficient (Wildman–Crippen LogP) is 9.37. The molecule has 0 N–H and O–H groups in total. The molecule has 0 saturated heterocycles. The van der Waals surface area contributed by atoms with Crippen molar-refractivity contribution in [2.45, 2.75) is 72.1 Å². The average Bonchev–Trinajstić information content (AvgIpc) is 3.33. The van der Waals surface area contributed by atoms with Crippen LogP contribution < -0.4 is 9.64 Å². The van der Waals surface area contributed by atoms with E-state index in [2.05, 4.69) is 30.9 Å². The molecule has 46 heavy (non-hydrogen) atoms. The van der Waals surface area contributed by atoms with Crippen LogP contribution in [0.1, 0.15) is 74.3 Å². The van der Waals surface area contributed by atoms with Gasteiger partial charge >= 0.3 is 6.18 Å². The van der Waals surface area contributed by atoms with Gasteiger partial charge in [0.1, 0.15) is 29.5 Å². The largest absolute Gasteiger partial charge is 0.496 e. The Balaban J connectivity index is 1.97. The summed E-state index contributed by atoms with van der Waals surface area (Å²) in [7, 11) is 1.65. The van der Waals surface area contributed by atoms with Gasteiger partial charge in [-0.3, -0.25) is 0 Å². The van der Waals surface area contributed by atoms with E-state index in [0.29, 0.717) is 5.56 Å². The first-order valence-corrected chi connectivity index (χ1v) is 15.2. The highest BCUT2D eigenvalue weighted by molar-refractivity contribution is 5.77. The van der Waals surface area contributed by atoms with Crippen molar-refractivity contribution in [2.24, 2.45) is 0 Å². The van der Waals surface area contributed by atoms with Crippen LogP contribution in [0.15, 0.2) is 58.9 Å². The van der Waals surface area contributed by atoms with Gasteiger partial charge in [0.2, 0.25) is 5.60 Å². The number of ether oxygens (including phenoxy) is 2. The Labute approximate surface area is 270 Å². The lowest BCUT2D eigenvalue weighted by molar-refractivity contribution is -0.236. The number of nitriles is 3. The van der Waals surface area contributed by atoms with E-state index in [1.165, 1.54) is 24.3 Å². The molecule has 2 aromatic rings. The molecule has 0 saturated carbocycles. The smallest absolute Gasteiger partial charge is 0.432 e. The minimum absolute atomic E-state index is 0.472. The number of hydrogen-bond donors (Lipinski definition) is 0. The van der Waals surface area contributed by atoms with E-state index in [9.17, 15) is 29.0 Å². The van der Waals surface area contributed by atoms with Gasteiger partial charge in [0, 0.05) is 36.0 Å². The predicted molar refractivity (Wildman–Crippen MR) is 175 cm³/mol. The highest BCUT2D eigenvalue weighted by Crippen LogP contribution is 2.49. The first kappa shape index (κ1) is 35.5. The molecule has 1 aliphatic heterocycles. The number of unbranched alkanes of at least 4 members (excludes halogenated alkanes) is 2. The van der Waals surface area contributed by atoms with E-state index in [1.54, 1.807) is 13.2 Å². The van der Waals surface area contributed by atoms with E-state index >= 15 is 0 Å². The number of alkyl halides is 3. The lowest BCUT2D eigenvalue weighted by atomic mass is 9.91. The second kappa shape index (κ2) is 15.4. The van der Waals surface area contributed by atoms with Crippen LogP contribution in [0.5, 0.6) is 5.75 Å². The van der Waals surface area contributed by atoms with Gasteiger partial charge in [0.25, 0.3) is 0 Å². The van der Waals surface area contributed by atoms with Crippen molar-refractivity contribution >= 4 is 23.9 Å². The van der Waals surface area contributed by atoms with E-state index in [4.69, 9.17) is 9.47 Å². The Kier molecular flexibility index (Phi) is 11.9. The first-order chi connectivity index (χ1) is 21.9. The molecule has 3 rings (SSSR count). The minimum Gasteiger partial charge on any atom is -0.496 e. The summed E-state index contributed by atoms with van der Waals surface area (Å²) in [6.45, 7) is 10.9. The fourth-order valence-electron chi connectivity index (χ4n) is 5.21. The fourth-order valence-corrected chi connectivity index (χ4v) is 5.21. The Morgan fingerprint density at radius 1 is 0.891 bits per heavy atom. The van der Waals surface area contributed by atoms with Gasteiger partial charge in [0.15, 0.2) is 11.3 Å².